The topological polar surface area (TPSA) is 36.4 Å². The zero-order valence-electron chi connectivity index (χ0n) is 13.4. The van der Waals surface area contributed by atoms with Crippen LogP contribution >= 0.6 is 11.3 Å². The van der Waals surface area contributed by atoms with Gasteiger partial charge in [-0.1, -0.05) is 0 Å². The number of rotatable bonds is 6. The molecule has 0 aliphatic heterocycles. The second-order valence-corrected chi connectivity index (χ2v) is 8.20. The van der Waals surface area contributed by atoms with Gasteiger partial charge in [-0.2, -0.15) is 0 Å². The fourth-order valence-corrected chi connectivity index (χ4v) is 4.24. The van der Waals surface area contributed by atoms with Crippen molar-refractivity contribution in [3.05, 3.63) is 21.9 Å². The normalized spacial score (nSPS) is 22.0. The highest BCUT2D eigenvalue weighted by atomic mass is 32.1. The highest BCUT2D eigenvalue weighted by Gasteiger charge is 2.53. The predicted molar refractivity (Wildman–Crippen MR) is 91.1 cm³/mol. The van der Waals surface area contributed by atoms with Crippen LogP contribution in [0, 0.1) is 18.3 Å². The second-order valence-electron chi connectivity index (χ2n) is 6.82. The molecule has 2 aliphatic carbocycles. The number of thiophene rings is 1. The molecule has 21 heavy (non-hydrogen) atoms. The van der Waals surface area contributed by atoms with Gasteiger partial charge in [-0.3, -0.25) is 4.99 Å². The molecule has 0 amide bonds. The van der Waals surface area contributed by atoms with Crippen LogP contribution in [0.3, 0.4) is 0 Å². The van der Waals surface area contributed by atoms with Gasteiger partial charge in [0.05, 0.1) is 0 Å². The molecule has 1 heterocycles. The van der Waals surface area contributed by atoms with Gasteiger partial charge in [0.2, 0.25) is 0 Å². The number of nitrogens with one attached hydrogen (secondary N) is 2. The number of aliphatic imine (C=N–C) groups is 1. The van der Waals surface area contributed by atoms with E-state index in [1.54, 1.807) is 0 Å². The molecular formula is C17H27N3S. The van der Waals surface area contributed by atoms with Crippen molar-refractivity contribution in [1.29, 1.82) is 0 Å². The minimum atomic E-state index is 0.408. The minimum Gasteiger partial charge on any atom is -0.356 e. The van der Waals surface area contributed by atoms with Gasteiger partial charge in [-0.05, 0) is 63.0 Å². The quantitative estimate of drug-likeness (QED) is 0.625. The van der Waals surface area contributed by atoms with Gasteiger partial charge in [-0.25, -0.2) is 0 Å². The number of aryl methyl sites for hydroxylation is 1. The van der Waals surface area contributed by atoms with E-state index in [1.165, 1.54) is 35.4 Å². The monoisotopic (exact) mass is 305 g/mol. The molecule has 0 bridgehead atoms. The largest absolute Gasteiger partial charge is 0.356 e. The Balaban J connectivity index is 1.45. The Labute approximate surface area is 132 Å². The smallest absolute Gasteiger partial charge is 0.191 e. The molecule has 2 saturated carbocycles. The van der Waals surface area contributed by atoms with Crippen molar-refractivity contribution in [3.63, 3.8) is 0 Å². The van der Waals surface area contributed by atoms with E-state index >= 15 is 0 Å². The third kappa shape index (κ3) is 3.79. The van der Waals surface area contributed by atoms with Gasteiger partial charge in [0.1, 0.15) is 0 Å². The van der Waals surface area contributed by atoms with Crippen LogP contribution in [0.1, 0.15) is 42.4 Å². The summed E-state index contributed by atoms with van der Waals surface area (Å²) in [5.74, 6) is 1.96. The molecule has 0 saturated heterocycles. The Morgan fingerprint density at radius 2 is 2.19 bits per heavy atom. The summed E-state index contributed by atoms with van der Waals surface area (Å²) in [6.45, 7) is 5.50. The Hall–Kier alpha value is -1.03. The molecule has 3 rings (SSSR count). The van der Waals surface area contributed by atoms with E-state index < -0.39 is 0 Å². The maximum atomic E-state index is 4.38. The lowest BCUT2D eigenvalue weighted by Gasteiger charge is -2.21. The Morgan fingerprint density at radius 3 is 2.71 bits per heavy atom. The van der Waals surface area contributed by atoms with E-state index in [2.05, 4.69) is 41.6 Å². The second kappa shape index (κ2) is 5.99. The molecule has 1 unspecified atom stereocenters. The Bertz CT molecular complexity index is 512. The molecule has 2 aliphatic rings. The average molecular weight is 305 g/mol. The van der Waals surface area contributed by atoms with Crippen molar-refractivity contribution in [3.8, 4) is 0 Å². The van der Waals surface area contributed by atoms with E-state index in [0.717, 1.165) is 24.8 Å². The number of hydrogen-bond donors (Lipinski definition) is 2. The molecule has 2 fully saturated rings. The lowest BCUT2D eigenvalue weighted by Crippen LogP contribution is -2.45. The summed E-state index contributed by atoms with van der Waals surface area (Å²) in [6, 6.07) is 4.85. The van der Waals surface area contributed by atoms with Crippen molar-refractivity contribution in [1.82, 2.24) is 10.6 Å². The van der Waals surface area contributed by atoms with Gasteiger partial charge in [0.25, 0.3) is 0 Å². The first kappa shape index (κ1) is 14.9. The predicted octanol–water partition coefficient (Wildman–Crippen LogP) is 3.34. The fraction of sp³-hybridized carbons (Fsp3) is 0.706. The van der Waals surface area contributed by atoms with Gasteiger partial charge < -0.3 is 10.6 Å². The molecule has 0 spiro atoms. The van der Waals surface area contributed by atoms with Crippen molar-refractivity contribution in [2.45, 2.75) is 52.0 Å². The van der Waals surface area contributed by atoms with E-state index in [9.17, 15) is 0 Å². The summed E-state index contributed by atoms with van der Waals surface area (Å²) in [4.78, 5) is 7.22. The molecule has 0 aromatic carbocycles. The highest BCUT2D eigenvalue weighted by molar-refractivity contribution is 7.11. The van der Waals surface area contributed by atoms with Crippen molar-refractivity contribution >= 4 is 17.3 Å². The van der Waals surface area contributed by atoms with Gasteiger partial charge >= 0.3 is 0 Å². The summed E-state index contributed by atoms with van der Waals surface area (Å²) >= 11 is 1.89. The molecule has 1 aromatic rings. The van der Waals surface area contributed by atoms with Crippen molar-refractivity contribution in [2.75, 3.05) is 13.6 Å². The van der Waals surface area contributed by atoms with Crippen molar-refractivity contribution in [2.24, 2.45) is 16.3 Å². The van der Waals surface area contributed by atoms with Crippen molar-refractivity contribution < 1.29 is 0 Å². The lowest BCUT2D eigenvalue weighted by molar-refractivity contribution is 0.430. The maximum Gasteiger partial charge on any atom is 0.191 e. The summed E-state index contributed by atoms with van der Waals surface area (Å²) in [7, 11) is 1.87. The zero-order chi connectivity index (χ0) is 14.9. The first-order valence-electron chi connectivity index (χ1n) is 8.14. The molecular weight excluding hydrogens is 278 g/mol. The Kier molecular flexibility index (Phi) is 4.25. The van der Waals surface area contributed by atoms with E-state index in [0.29, 0.717) is 11.5 Å². The summed E-state index contributed by atoms with van der Waals surface area (Å²) in [5.41, 5.74) is 0.617. The first-order valence-corrected chi connectivity index (χ1v) is 8.95. The molecule has 3 nitrogen and oxygen atoms in total. The van der Waals surface area contributed by atoms with E-state index in [1.807, 2.05) is 18.4 Å². The van der Waals surface area contributed by atoms with Crippen LogP contribution in [-0.2, 0) is 6.42 Å². The molecule has 2 N–H and O–H groups in total. The lowest BCUT2D eigenvalue weighted by atomic mass is 10.0. The minimum absolute atomic E-state index is 0.408. The van der Waals surface area contributed by atoms with Crippen LogP contribution in [0.5, 0.6) is 0 Å². The highest BCUT2D eigenvalue weighted by Crippen LogP contribution is 2.60. The van der Waals surface area contributed by atoms with Crippen LogP contribution in [0.4, 0.5) is 0 Å². The van der Waals surface area contributed by atoms with Crippen LogP contribution in [0.25, 0.3) is 0 Å². The summed E-state index contributed by atoms with van der Waals surface area (Å²) in [5, 5.41) is 7.09. The van der Waals surface area contributed by atoms with Crippen LogP contribution in [-0.4, -0.2) is 25.6 Å². The molecule has 1 atom stereocenters. The molecule has 116 valence electrons. The maximum absolute atomic E-state index is 4.38. The Morgan fingerprint density at radius 1 is 1.43 bits per heavy atom. The number of guanidine groups is 1. The van der Waals surface area contributed by atoms with E-state index in [-0.39, 0.29) is 0 Å². The fourth-order valence-electron chi connectivity index (χ4n) is 3.22. The number of nitrogens with zero attached hydrogens (tertiary/aromatic N) is 1. The molecule has 0 radical (unpaired) electrons. The standard InChI is InChI=1S/C17H27N3S/c1-12(10-15-7-4-13(2)21-15)20-16(18-3)19-11-17(8-9-17)14-5-6-14/h4,7,12,14H,5-6,8-11H2,1-3H3,(H2,18,19,20). The molecule has 4 heteroatoms. The average Bonchev–Trinajstić information content (AvgIpc) is 3.34. The summed E-state index contributed by atoms with van der Waals surface area (Å²) in [6.07, 6.45) is 6.77. The SMILES string of the molecule is CN=C(NCC1(C2CC2)CC1)NC(C)Cc1ccc(C)s1. The van der Waals surface area contributed by atoms with Crippen LogP contribution in [0.2, 0.25) is 0 Å². The zero-order valence-corrected chi connectivity index (χ0v) is 14.2. The third-order valence-electron chi connectivity index (χ3n) is 4.85. The molecule has 1 aromatic heterocycles. The van der Waals surface area contributed by atoms with Gasteiger partial charge in [-0.15, -0.1) is 11.3 Å². The van der Waals surface area contributed by atoms with E-state index in [4.69, 9.17) is 0 Å². The van der Waals surface area contributed by atoms with Gasteiger partial charge in [0.15, 0.2) is 5.96 Å². The van der Waals surface area contributed by atoms with Gasteiger partial charge in [0, 0.05) is 35.8 Å². The summed E-state index contributed by atoms with van der Waals surface area (Å²) < 4.78 is 0. The first-order chi connectivity index (χ1) is 10.1. The number of hydrogen-bond acceptors (Lipinski definition) is 2. The van der Waals surface area contributed by atoms with Crippen LogP contribution < -0.4 is 10.6 Å². The van der Waals surface area contributed by atoms with Crippen LogP contribution in [0.15, 0.2) is 17.1 Å². The third-order valence-corrected chi connectivity index (χ3v) is 5.88.